The van der Waals surface area contributed by atoms with Gasteiger partial charge in [-0.25, -0.2) is 0 Å². The second-order valence-corrected chi connectivity index (χ2v) is 26.8. The summed E-state index contributed by atoms with van der Waals surface area (Å²) in [4.78, 5) is 5.49. The lowest BCUT2D eigenvalue weighted by Crippen LogP contribution is -2.63. The zero-order valence-electron chi connectivity index (χ0n) is 44.3. The van der Waals surface area contributed by atoms with Crippen molar-refractivity contribution in [1.82, 2.24) is 0 Å². The van der Waals surface area contributed by atoms with Crippen LogP contribution in [0.5, 0.6) is 0 Å². The first kappa shape index (κ1) is 45.4. The zero-order valence-corrected chi connectivity index (χ0v) is 44.3. The molecule has 2 atom stereocenters. The Balaban J connectivity index is 1.38. The number of allylic oxidation sites excluding steroid dienone is 2. The highest BCUT2D eigenvalue weighted by molar-refractivity contribution is 6.99. The molecule has 0 amide bonds. The molecular formula is C62H79BN2O. The van der Waals surface area contributed by atoms with Gasteiger partial charge in [0.1, 0.15) is 5.58 Å². The number of hydrogen-bond donors (Lipinski definition) is 0. The van der Waals surface area contributed by atoms with Crippen LogP contribution in [0.2, 0.25) is 0 Å². The van der Waals surface area contributed by atoms with Crippen molar-refractivity contribution in [2.45, 2.75) is 196 Å². The van der Waals surface area contributed by atoms with E-state index in [-0.39, 0.29) is 51.2 Å². The van der Waals surface area contributed by atoms with Crippen LogP contribution in [0.3, 0.4) is 0 Å². The van der Waals surface area contributed by atoms with Gasteiger partial charge >= 0.3 is 0 Å². The minimum absolute atomic E-state index is 0.0434. The van der Waals surface area contributed by atoms with Gasteiger partial charge < -0.3 is 14.2 Å². The highest BCUT2D eigenvalue weighted by atomic mass is 16.3. The molecule has 66 heavy (non-hydrogen) atoms. The van der Waals surface area contributed by atoms with Crippen molar-refractivity contribution < 1.29 is 4.42 Å². The van der Waals surface area contributed by atoms with Crippen molar-refractivity contribution in [3.8, 4) is 0 Å². The molecule has 0 spiro atoms. The van der Waals surface area contributed by atoms with Crippen LogP contribution < -0.4 is 26.4 Å². The van der Waals surface area contributed by atoms with Crippen LogP contribution in [0.4, 0.5) is 28.4 Å². The standard InChI is InChI=1S/C62H79BN2O/c1-35(2)39-26-37(4)54(38(5)27-39)65-49-33-45-44(60(14,15)23-24-61(45,16)17)32-47(49)63-53-50(29-41(30-51(53)65)58(9,10)11)64(48-21-20-40(28-36(48)3)57(6,7)8)55-42-31-43-46(34-52(42)66-56(55)63)62(18,19)25-22-59(43,12)13/h20-21,26-36,48H,22-25H2,1-19H3. The van der Waals surface area contributed by atoms with Crippen LogP contribution in [0.1, 0.15) is 194 Å². The van der Waals surface area contributed by atoms with Crippen molar-refractivity contribution in [3.63, 3.8) is 0 Å². The number of rotatable bonds is 3. The molecule has 0 fully saturated rings. The Morgan fingerprint density at radius 3 is 1.70 bits per heavy atom. The summed E-state index contributed by atoms with van der Waals surface area (Å²) in [5.41, 5.74) is 24.3. The van der Waals surface area contributed by atoms with Crippen LogP contribution in [-0.2, 0) is 27.1 Å². The van der Waals surface area contributed by atoms with E-state index in [0.29, 0.717) is 5.92 Å². The molecule has 0 bridgehead atoms. The normalized spacial score (nSPS) is 22.2. The Morgan fingerprint density at radius 1 is 0.636 bits per heavy atom. The summed E-state index contributed by atoms with van der Waals surface area (Å²) in [6, 6.07) is 20.6. The van der Waals surface area contributed by atoms with Crippen LogP contribution in [0.25, 0.3) is 11.0 Å². The van der Waals surface area contributed by atoms with Gasteiger partial charge in [0.2, 0.25) is 0 Å². The monoisotopic (exact) mass is 879 g/mol. The first-order valence-electron chi connectivity index (χ1n) is 25.6. The molecule has 4 aromatic carbocycles. The summed E-state index contributed by atoms with van der Waals surface area (Å²) in [5.74, 6) is 0.706. The lowest BCUT2D eigenvalue weighted by molar-refractivity contribution is 0.332. The van der Waals surface area contributed by atoms with Crippen molar-refractivity contribution in [2.75, 3.05) is 9.80 Å². The maximum atomic E-state index is 7.72. The average molecular weight is 879 g/mol. The van der Waals surface area contributed by atoms with Gasteiger partial charge in [-0.05, 0) is 175 Å². The lowest BCUT2D eigenvalue weighted by atomic mass is 9.35. The molecule has 5 aromatic rings. The number of hydrogen-bond acceptors (Lipinski definition) is 3. The third kappa shape index (κ3) is 6.70. The summed E-state index contributed by atoms with van der Waals surface area (Å²) >= 11 is 0. The summed E-state index contributed by atoms with van der Waals surface area (Å²) in [5, 5.41) is 1.26. The smallest absolute Gasteiger partial charge is 0.297 e. The fourth-order valence-corrected chi connectivity index (χ4v) is 12.9. The zero-order chi connectivity index (χ0) is 47.7. The molecule has 1 aromatic heterocycles. The molecule has 3 nitrogen and oxygen atoms in total. The Kier molecular flexibility index (Phi) is 9.83. The number of furan rings is 1. The number of anilines is 5. The van der Waals surface area contributed by atoms with E-state index in [9.17, 15) is 0 Å². The Bertz CT molecular complexity index is 2910. The fraction of sp³-hybridized carbons (Fsp3) is 0.516. The molecule has 3 aliphatic carbocycles. The van der Waals surface area contributed by atoms with Crippen LogP contribution >= 0.6 is 0 Å². The molecule has 0 radical (unpaired) electrons. The quantitative estimate of drug-likeness (QED) is 0.165. The van der Waals surface area contributed by atoms with E-state index in [1.54, 1.807) is 0 Å². The molecule has 0 N–H and O–H groups in total. The average Bonchev–Trinajstić information content (AvgIpc) is 3.58. The van der Waals surface area contributed by atoms with Crippen LogP contribution in [-0.4, -0.2) is 12.8 Å². The largest absolute Gasteiger partial charge is 0.468 e. The molecule has 2 aliphatic heterocycles. The van der Waals surface area contributed by atoms with Crippen LogP contribution in [0, 0.1) is 25.2 Å². The first-order chi connectivity index (χ1) is 30.5. The predicted octanol–water partition coefficient (Wildman–Crippen LogP) is 15.5. The molecular weight excluding hydrogens is 800 g/mol. The Morgan fingerprint density at radius 2 is 1.17 bits per heavy atom. The highest BCUT2D eigenvalue weighted by Crippen LogP contribution is 2.54. The van der Waals surface area contributed by atoms with Gasteiger partial charge in [0, 0.05) is 22.4 Å². The first-order valence-corrected chi connectivity index (χ1v) is 25.6. The Labute approximate surface area is 399 Å². The Hall–Kier alpha value is -4.44. The number of benzene rings is 4. The van der Waals surface area contributed by atoms with E-state index >= 15 is 0 Å². The van der Waals surface area contributed by atoms with Gasteiger partial charge in [0.05, 0.1) is 23.1 Å². The SMILES string of the molecule is Cc1cc(C(C)C)cc(C)c1N1c2cc3c(cc2B2c4oc5cc6c(cc5c4N(C4C=CC(C(C)(C)C)=CC4C)c4cc(C(C)(C)C)cc1c42)C(C)(C)CCC6(C)C)C(C)(C)CCC3(C)C. The predicted molar refractivity (Wildman–Crippen MR) is 287 cm³/mol. The van der Waals surface area contributed by atoms with E-state index in [2.05, 4.69) is 208 Å². The number of nitrogens with zero attached hydrogens (tertiary/aromatic N) is 2. The molecule has 0 saturated heterocycles. The second kappa shape index (κ2) is 14.3. The van der Waals surface area contributed by atoms with Gasteiger partial charge in [-0.3, -0.25) is 0 Å². The van der Waals surface area contributed by atoms with Crippen molar-refractivity contribution >= 4 is 62.7 Å². The summed E-state index contributed by atoms with van der Waals surface area (Å²) < 4.78 is 7.72. The van der Waals surface area contributed by atoms with Crippen LogP contribution in [0.15, 0.2) is 76.7 Å². The van der Waals surface area contributed by atoms with Gasteiger partial charge in [-0.2, -0.15) is 0 Å². The summed E-state index contributed by atoms with van der Waals surface area (Å²) in [6.07, 6.45) is 12.2. The van der Waals surface area contributed by atoms with E-state index < -0.39 is 0 Å². The fourth-order valence-electron chi connectivity index (χ4n) is 12.9. The molecule has 10 rings (SSSR count). The van der Waals surface area contributed by atoms with Crippen molar-refractivity contribution in [2.24, 2.45) is 11.3 Å². The molecule has 2 unspecified atom stereocenters. The molecule has 3 heterocycles. The maximum absolute atomic E-state index is 7.72. The third-order valence-corrected chi connectivity index (χ3v) is 17.5. The summed E-state index contributed by atoms with van der Waals surface area (Å²) in [7, 11) is 0. The van der Waals surface area contributed by atoms with Crippen molar-refractivity contribution in [3.05, 3.63) is 117 Å². The highest BCUT2D eigenvalue weighted by Gasteiger charge is 2.51. The third-order valence-electron chi connectivity index (χ3n) is 17.5. The molecule has 4 heteroatoms. The maximum Gasteiger partial charge on any atom is 0.297 e. The van der Waals surface area contributed by atoms with E-state index in [0.717, 1.165) is 11.2 Å². The van der Waals surface area contributed by atoms with Gasteiger partial charge in [-0.1, -0.05) is 154 Å². The number of fused-ring (bicyclic) bond motifs is 8. The van der Waals surface area contributed by atoms with Gasteiger partial charge in [0.25, 0.3) is 6.71 Å². The van der Waals surface area contributed by atoms with Gasteiger partial charge in [-0.15, -0.1) is 0 Å². The summed E-state index contributed by atoms with van der Waals surface area (Å²) in [6.45, 7) is 45.7. The topological polar surface area (TPSA) is 19.6 Å². The lowest BCUT2D eigenvalue weighted by Gasteiger charge is -2.48. The molecule has 5 aliphatic rings. The minimum atomic E-state index is -0.104. The van der Waals surface area contributed by atoms with E-state index in [1.165, 1.54) is 121 Å². The van der Waals surface area contributed by atoms with E-state index in [4.69, 9.17) is 4.42 Å². The van der Waals surface area contributed by atoms with Gasteiger partial charge in [0.15, 0.2) is 0 Å². The molecule has 0 saturated carbocycles. The minimum Gasteiger partial charge on any atom is -0.468 e. The van der Waals surface area contributed by atoms with E-state index in [1.807, 2.05) is 0 Å². The molecule has 346 valence electrons. The van der Waals surface area contributed by atoms with Crippen molar-refractivity contribution in [1.29, 1.82) is 0 Å². The second-order valence-electron chi connectivity index (χ2n) is 26.8. The number of aryl methyl sites for hydroxylation is 2.